The third-order valence-corrected chi connectivity index (χ3v) is 6.75. The summed E-state index contributed by atoms with van der Waals surface area (Å²) < 4.78 is 11.7. The van der Waals surface area contributed by atoms with Gasteiger partial charge in [-0.15, -0.1) is 0 Å². The SMILES string of the molecule is CC(C)(C)CC1(C(=O)OCOC2C3CC4CC(C3)CC2C4)CC1. The first kappa shape index (κ1) is 15.9. The van der Waals surface area contributed by atoms with Crippen molar-refractivity contribution in [2.75, 3.05) is 6.79 Å². The van der Waals surface area contributed by atoms with Crippen molar-refractivity contribution in [1.82, 2.24) is 0 Å². The standard InChI is InChI=1S/C20H32O3/c1-19(2,3)11-20(4-5-20)18(21)23-12-22-17-15-7-13-6-14(9-15)10-16(17)8-13/h13-17H,4-12H2,1-3H3. The molecule has 0 aromatic carbocycles. The molecule has 5 saturated carbocycles. The lowest BCUT2D eigenvalue weighted by Gasteiger charge is -2.53. The number of carbonyl (C=O) groups excluding carboxylic acids is 1. The largest absolute Gasteiger partial charge is 0.438 e. The van der Waals surface area contributed by atoms with Crippen molar-refractivity contribution in [3.63, 3.8) is 0 Å². The Morgan fingerprint density at radius 2 is 1.57 bits per heavy atom. The second-order valence-corrected chi connectivity index (χ2v) is 10.1. The normalized spacial score (nSPS) is 40.2. The molecule has 0 atom stereocenters. The van der Waals surface area contributed by atoms with Crippen molar-refractivity contribution >= 4 is 5.97 Å². The molecule has 3 heteroatoms. The Kier molecular flexibility index (Phi) is 3.79. The Morgan fingerprint density at radius 1 is 1.00 bits per heavy atom. The Balaban J connectivity index is 1.27. The molecule has 5 rings (SSSR count). The molecule has 5 aliphatic rings. The van der Waals surface area contributed by atoms with E-state index in [9.17, 15) is 4.79 Å². The molecule has 0 aliphatic heterocycles. The molecule has 0 aromatic heterocycles. The Morgan fingerprint density at radius 3 is 2.04 bits per heavy atom. The van der Waals surface area contributed by atoms with Gasteiger partial charge in [-0.05, 0) is 80.5 Å². The summed E-state index contributed by atoms with van der Waals surface area (Å²) in [5, 5.41) is 0. The third-order valence-electron chi connectivity index (χ3n) is 6.75. The zero-order valence-corrected chi connectivity index (χ0v) is 15.0. The van der Waals surface area contributed by atoms with Crippen molar-refractivity contribution in [1.29, 1.82) is 0 Å². The first-order valence-electron chi connectivity index (χ1n) is 9.63. The minimum absolute atomic E-state index is 0.0174. The molecule has 23 heavy (non-hydrogen) atoms. The number of rotatable bonds is 5. The number of hydrogen-bond acceptors (Lipinski definition) is 3. The van der Waals surface area contributed by atoms with E-state index in [1.807, 2.05) is 0 Å². The van der Waals surface area contributed by atoms with E-state index in [0.717, 1.165) is 42.9 Å². The second kappa shape index (κ2) is 5.47. The molecule has 130 valence electrons. The Hall–Kier alpha value is -0.570. The summed E-state index contributed by atoms with van der Waals surface area (Å²) in [4.78, 5) is 12.5. The van der Waals surface area contributed by atoms with E-state index < -0.39 is 0 Å². The molecule has 0 heterocycles. The van der Waals surface area contributed by atoms with Gasteiger partial charge in [-0.1, -0.05) is 20.8 Å². The highest BCUT2D eigenvalue weighted by molar-refractivity contribution is 5.79. The maximum atomic E-state index is 12.5. The highest BCUT2D eigenvalue weighted by atomic mass is 16.7. The smallest absolute Gasteiger partial charge is 0.314 e. The lowest BCUT2D eigenvalue weighted by atomic mass is 9.55. The van der Waals surface area contributed by atoms with Gasteiger partial charge < -0.3 is 9.47 Å². The molecule has 0 amide bonds. The molecule has 0 radical (unpaired) electrons. The van der Waals surface area contributed by atoms with Crippen LogP contribution in [0.4, 0.5) is 0 Å². The minimum Gasteiger partial charge on any atom is -0.438 e. The van der Waals surface area contributed by atoms with E-state index >= 15 is 0 Å². The highest BCUT2D eigenvalue weighted by Crippen LogP contribution is 2.55. The Bertz CT molecular complexity index is 444. The van der Waals surface area contributed by atoms with Crippen LogP contribution >= 0.6 is 0 Å². The van der Waals surface area contributed by atoms with Crippen molar-refractivity contribution < 1.29 is 14.3 Å². The minimum atomic E-state index is -0.203. The van der Waals surface area contributed by atoms with Crippen molar-refractivity contribution in [3.05, 3.63) is 0 Å². The molecule has 4 bridgehead atoms. The summed E-state index contributed by atoms with van der Waals surface area (Å²) >= 11 is 0. The fourth-order valence-corrected chi connectivity index (χ4v) is 6.09. The van der Waals surface area contributed by atoms with Gasteiger partial charge in [0.05, 0.1) is 11.5 Å². The quantitative estimate of drug-likeness (QED) is 0.551. The first-order chi connectivity index (χ1) is 10.8. The molecule has 0 spiro atoms. The first-order valence-corrected chi connectivity index (χ1v) is 9.63. The van der Waals surface area contributed by atoms with Crippen LogP contribution in [0.2, 0.25) is 0 Å². The highest BCUT2D eigenvalue weighted by Gasteiger charge is 2.53. The average molecular weight is 320 g/mol. The van der Waals surface area contributed by atoms with Crippen molar-refractivity contribution in [2.45, 2.75) is 78.2 Å². The predicted molar refractivity (Wildman–Crippen MR) is 88.6 cm³/mol. The van der Waals surface area contributed by atoms with Crippen LogP contribution in [0.3, 0.4) is 0 Å². The van der Waals surface area contributed by atoms with Crippen LogP contribution in [0.1, 0.15) is 72.1 Å². The fraction of sp³-hybridized carbons (Fsp3) is 0.950. The van der Waals surface area contributed by atoms with Crippen molar-refractivity contribution in [2.24, 2.45) is 34.5 Å². The van der Waals surface area contributed by atoms with E-state index in [2.05, 4.69) is 20.8 Å². The summed E-state index contributed by atoms with van der Waals surface area (Å²) in [7, 11) is 0. The van der Waals surface area contributed by atoms with E-state index in [4.69, 9.17) is 9.47 Å². The van der Waals surface area contributed by atoms with Crippen LogP contribution in [-0.2, 0) is 14.3 Å². The maximum absolute atomic E-state index is 12.5. The number of esters is 1. The maximum Gasteiger partial charge on any atom is 0.314 e. The van der Waals surface area contributed by atoms with E-state index in [-0.39, 0.29) is 23.6 Å². The molecular formula is C20H32O3. The number of hydrogen-bond donors (Lipinski definition) is 0. The molecule has 5 aliphatic carbocycles. The molecule has 0 saturated heterocycles. The molecule has 3 nitrogen and oxygen atoms in total. The zero-order chi connectivity index (χ0) is 16.2. The summed E-state index contributed by atoms with van der Waals surface area (Å²) in [5.74, 6) is 3.36. The summed E-state index contributed by atoms with van der Waals surface area (Å²) in [6.45, 7) is 6.78. The third kappa shape index (κ3) is 3.18. The topological polar surface area (TPSA) is 35.5 Å². The van der Waals surface area contributed by atoms with Crippen LogP contribution < -0.4 is 0 Å². The van der Waals surface area contributed by atoms with Gasteiger partial charge in [-0.25, -0.2) is 0 Å². The van der Waals surface area contributed by atoms with Crippen LogP contribution in [-0.4, -0.2) is 18.9 Å². The lowest BCUT2D eigenvalue weighted by Crippen LogP contribution is -2.49. The van der Waals surface area contributed by atoms with Crippen LogP contribution in [0.15, 0.2) is 0 Å². The summed E-state index contributed by atoms with van der Waals surface area (Å²) in [6, 6.07) is 0. The van der Waals surface area contributed by atoms with Crippen LogP contribution in [0.5, 0.6) is 0 Å². The van der Waals surface area contributed by atoms with Crippen molar-refractivity contribution in [3.8, 4) is 0 Å². The van der Waals surface area contributed by atoms with Gasteiger partial charge >= 0.3 is 5.97 Å². The monoisotopic (exact) mass is 320 g/mol. The van der Waals surface area contributed by atoms with Gasteiger partial charge in [0.15, 0.2) is 6.79 Å². The lowest BCUT2D eigenvalue weighted by molar-refractivity contribution is -0.191. The second-order valence-electron chi connectivity index (χ2n) is 10.1. The van der Waals surface area contributed by atoms with Crippen LogP contribution in [0, 0.1) is 34.5 Å². The molecular weight excluding hydrogens is 288 g/mol. The number of ether oxygens (including phenoxy) is 2. The van der Waals surface area contributed by atoms with Gasteiger partial charge in [0.25, 0.3) is 0 Å². The fourth-order valence-electron chi connectivity index (χ4n) is 6.09. The Labute approximate surface area is 140 Å². The summed E-state index contributed by atoms with van der Waals surface area (Å²) in [6.07, 6.45) is 10.1. The van der Waals surface area contributed by atoms with Gasteiger partial charge in [0.2, 0.25) is 0 Å². The van der Waals surface area contributed by atoms with E-state index in [0.29, 0.717) is 6.10 Å². The van der Waals surface area contributed by atoms with Gasteiger partial charge in [-0.3, -0.25) is 4.79 Å². The van der Waals surface area contributed by atoms with Crippen LogP contribution in [0.25, 0.3) is 0 Å². The van der Waals surface area contributed by atoms with Gasteiger partial charge in [0.1, 0.15) is 0 Å². The average Bonchev–Trinajstić information content (AvgIpc) is 3.19. The van der Waals surface area contributed by atoms with Gasteiger partial charge in [-0.2, -0.15) is 0 Å². The molecule has 0 aromatic rings. The predicted octanol–water partition coefficient (Wildman–Crippen LogP) is 4.54. The molecule has 0 unspecified atom stereocenters. The summed E-state index contributed by atoms with van der Waals surface area (Å²) in [5.41, 5.74) is -0.0243. The zero-order valence-electron chi connectivity index (χ0n) is 15.0. The van der Waals surface area contributed by atoms with E-state index in [1.165, 1.54) is 32.1 Å². The molecule has 5 fully saturated rings. The van der Waals surface area contributed by atoms with E-state index in [1.54, 1.807) is 0 Å². The number of carbonyl (C=O) groups is 1. The molecule has 0 N–H and O–H groups in total. The van der Waals surface area contributed by atoms with Gasteiger partial charge in [0, 0.05) is 0 Å².